The number of nitrogens with one attached hydrogen (secondary N) is 1. The van der Waals surface area contributed by atoms with Crippen LogP contribution in [0.25, 0.3) is 0 Å². The fourth-order valence-corrected chi connectivity index (χ4v) is 2.52. The van der Waals surface area contributed by atoms with Crippen LogP contribution in [0.3, 0.4) is 0 Å². The van der Waals surface area contributed by atoms with E-state index in [4.69, 9.17) is 11.6 Å². The number of nitrogens with zero attached hydrogens (tertiary/aromatic N) is 1. The molecule has 1 atom stereocenters. The van der Waals surface area contributed by atoms with E-state index in [0.717, 1.165) is 11.6 Å². The Morgan fingerprint density at radius 3 is 2.82 bits per heavy atom. The molecule has 2 nitrogen and oxygen atoms in total. The Bertz CT molecular complexity index is 390. The maximum atomic E-state index is 6.03. The van der Waals surface area contributed by atoms with Crippen LogP contribution in [0.1, 0.15) is 25.8 Å². The molecular weight excluding hydrogens is 232 g/mol. The van der Waals surface area contributed by atoms with E-state index in [1.807, 2.05) is 12.1 Å². The normalized spacial score (nSPS) is 21.1. The summed E-state index contributed by atoms with van der Waals surface area (Å²) in [4.78, 5) is 2.51. The van der Waals surface area contributed by atoms with Crippen molar-refractivity contribution < 1.29 is 0 Å². The second-order valence-electron chi connectivity index (χ2n) is 5.18. The average Bonchev–Trinajstić information content (AvgIpc) is 2.72. The Hall–Kier alpha value is -0.730. The summed E-state index contributed by atoms with van der Waals surface area (Å²) in [5.74, 6) is 0. The van der Waals surface area contributed by atoms with Crippen LogP contribution >= 0.6 is 11.6 Å². The third-order valence-electron chi connectivity index (χ3n) is 3.51. The van der Waals surface area contributed by atoms with Crippen LogP contribution < -0.4 is 5.32 Å². The van der Waals surface area contributed by atoms with Crippen molar-refractivity contribution in [3.05, 3.63) is 28.8 Å². The molecule has 0 spiro atoms. The van der Waals surface area contributed by atoms with Gasteiger partial charge in [0.1, 0.15) is 0 Å². The second-order valence-corrected chi connectivity index (χ2v) is 5.61. The first-order chi connectivity index (χ1) is 8.06. The molecule has 3 heteroatoms. The van der Waals surface area contributed by atoms with E-state index in [-0.39, 0.29) is 0 Å². The van der Waals surface area contributed by atoms with E-state index in [2.05, 4.69) is 37.1 Å². The molecule has 0 amide bonds. The summed E-state index contributed by atoms with van der Waals surface area (Å²) in [5.41, 5.74) is 2.44. The van der Waals surface area contributed by atoms with Crippen molar-refractivity contribution in [3.8, 4) is 0 Å². The second kappa shape index (κ2) is 5.28. The summed E-state index contributed by atoms with van der Waals surface area (Å²) in [6, 6.07) is 7.23. The van der Waals surface area contributed by atoms with Gasteiger partial charge < -0.3 is 5.32 Å². The lowest BCUT2D eigenvalue weighted by atomic mass is 10.1. The van der Waals surface area contributed by atoms with Gasteiger partial charge in [-0.1, -0.05) is 17.7 Å². The highest BCUT2D eigenvalue weighted by atomic mass is 35.5. The Balaban J connectivity index is 2.00. The summed E-state index contributed by atoms with van der Waals surface area (Å²) in [7, 11) is 0. The molecular formula is C14H21ClN2. The van der Waals surface area contributed by atoms with E-state index >= 15 is 0 Å². The number of likely N-dealkylation sites (tertiary alicyclic amines) is 1. The Labute approximate surface area is 109 Å². The molecule has 1 aromatic rings. The molecule has 1 aliphatic heterocycles. The maximum absolute atomic E-state index is 6.03. The standard InChI is InChI=1S/C14H21ClN2/c1-10(2)17-7-6-13(9-17)16-14-8-12(15)5-4-11(14)3/h4-5,8,10,13,16H,6-7,9H2,1-3H3. The summed E-state index contributed by atoms with van der Waals surface area (Å²) in [5, 5.41) is 4.41. The van der Waals surface area contributed by atoms with Gasteiger partial charge in [0, 0.05) is 35.9 Å². The average molecular weight is 253 g/mol. The first-order valence-electron chi connectivity index (χ1n) is 6.33. The Kier molecular flexibility index (Phi) is 3.95. The van der Waals surface area contributed by atoms with Gasteiger partial charge >= 0.3 is 0 Å². The topological polar surface area (TPSA) is 15.3 Å². The van der Waals surface area contributed by atoms with Crippen LogP contribution in [0.2, 0.25) is 5.02 Å². The molecule has 17 heavy (non-hydrogen) atoms. The highest BCUT2D eigenvalue weighted by Crippen LogP contribution is 2.23. The van der Waals surface area contributed by atoms with E-state index in [1.54, 1.807) is 0 Å². The van der Waals surface area contributed by atoms with Gasteiger partial charge in [0.05, 0.1) is 0 Å². The van der Waals surface area contributed by atoms with Gasteiger partial charge in [0.2, 0.25) is 0 Å². The lowest BCUT2D eigenvalue weighted by Crippen LogP contribution is -2.31. The summed E-state index contributed by atoms with van der Waals surface area (Å²) in [6.45, 7) is 8.95. The SMILES string of the molecule is Cc1ccc(Cl)cc1NC1CCN(C(C)C)C1. The Morgan fingerprint density at radius 1 is 1.41 bits per heavy atom. The van der Waals surface area contributed by atoms with Gasteiger partial charge in [-0.05, 0) is 44.9 Å². The minimum absolute atomic E-state index is 0.551. The van der Waals surface area contributed by atoms with Crippen LogP contribution in [0.4, 0.5) is 5.69 Å². The highest BCUT2D eigenvalue weighted by Gasteiger charge is 2.24. The van der Waals surface area contributed by atoms with Crippen molar-refractivity contribution in [2.45, 2.75) is 39.3 Å². The minimum Gasteiger partial charge on any atom is -0.381 e. The van der Waals surface area contributed by atoms with E-state index in [1.165, 1.54) is 24.2 Å². The van der Waals surface area contributed by atoms with Crippen molar-refractivity contribution in [2.75, 3.05) is 18.4 Å². The van der Waals surface area contributed by atoms with Crippen molar-refractivity contribution in [2.24, 2.45) is 0 Å². The molecule has 1 unspecified atom stereocenters. The molecule has 0 aromatic heterocycles. The van der Waals surface area contributed by atoms with Crippen LogP contribution in [0.15, 0.2) is 18.2 Å². The zero-order chi connectivity index (χ0) is 12.4. The van der Waals surface area contributed by atoms with Crippen LogP contribution in [0, 0.1) is 6.92 Å². The third kappa shape index (κ3) is 3.14. The van der Waals surface area contributed by atoms with Gasteiger partial charge in [-0.2, -0.15) is 0 Å². The van der Waals surface area contributed by atoms with Crippen molar-refractivity contribution in [3.63, 3.8) is 0 Å². The molecule has 0 aliphatic carbocycles. The van der Waals surface area contributed by atoms with Crippen molar-refractivity contribution in [1.82, 2.24) is 4.90 Å². The van der Waals surface area contributed by atoms with E-state index in [9.17, 15) is 0 Å². The molecule has 1 N–H and O–H groups in total. The largest absolute Gasteiger partial charge is 0.381 e. The third-order valence-corrected chi connectivity index (χ3v) is 3.74. The van der Waals surface area contributed by atoms with Gasteiger partial charge in [-0.3, -0.25) is 4.90 Å². The molecule has 0 bridgehead atoms. The lowest BCUT2D eigenvalue weighted by molar-refractivity contribution is 0.274. The minimum atomic E-state index is 0.551. The van der Waals surface area contributed by atoms with Crippen LogP contribution in [-0.4, -0.2) is 30.1 Å². The summed E-state index contributed by atoms with van der Waals surface area (Å²) >= 11 is 6.03. The van der Waals surface area contributed by atoms with Crippen LogP contribution in [-0.2, 0) is 0 Å². The molecule has 1 saturated heterocycles. The summed E-state index contributed by atoms with van der Waals surface area (Å²) in [6.07, 6.45) is 1.21. The molecule has 1 aliphatic rings. The predicted octanol–water partition coefficient (Wildman–Crippen LogP) is 3.54. The maximum Gasteiger partial charge on any atom is 0.0426 e. The first-order valence-corrected chi connectivity index (χ1v) is 6.71. The Morgan fingerprint density at radius 2 is 2.18 bits per heavy atom. The van der Waals surface area contributed by atoms with Gasteiger partial charge in [-0.15, -0.1) is 0 Å². The number of hydrogen-bond donors (Lipinski definition) is 1. The first kappa shape index (κ1) is 12.7. The molecule has 2 rings (SSSR count). The number of rotatable bonds is 3. The highest BCUT2D eigenvalue weighted by molar-refractivity contribution is 6.30. The number of hydrogen-bond acceptors (Lipinski definition) is 2. The molecule has 94 valence electrons. The number of anilines is 1. The zero-order valence-electron chi connectivity index (χ0n) is 10.8. The van der Waals surface area contributed by atoms with Crippen molar-refractivity contribution in [1.29, 1.82) is 0 Å². The van der Waals surface area contributed by atoms with Crippen molar-refractivity contribution >= 4 is 17.3 Å². The lowest BCUT2D eigenvalue weighted by Gasteiger charge is -2.21. The van der Waals surface area contributed by atoms with Gasteiger partial charge in [0.25, 0.3) is 0 Å². The number of aryl methyl sites for hydroxylation is 1. The van der Waals surface area contributed by atoms with Gasteiger partial charge in [0.15, 0.2) is 0 Å². The fraction of sp³-hybridized carbons (Fsp3) is 0.571. The van der Waals surface area contributed by atoms with Crippen LogP contribution in [0.5, 0.6) is 0 Å². The molecule has 1 aromatic carbocycles. The number of benzene rings is 1. The quantitative estimate of drug-likeness (QED) is 0.885. The van der Waals surface area contributed by atoms with E-state index in [0.29, 0.717) is 12.1 Å². The fourth-order valence-electron chi connectivity index (χ4n) is 2.34. The van der Waals surface area contributed by atoms with Gasteiger partial charge in [-0.25, -0.2) is 0 Å². The van der Waals surface area contributed by atoms with E-state index < -0.39 is 0 Å². The smallest absolute Gasteiger partial charge is 0.0426 e. The monoisotopic (exact) mass is 252 g/mol. The molecule has 0 radical (unpaired) electrons. The molecule has 1 fully saturated rings. The zero-order valence-corrected chi connectivity index (χ0v) is 11.6. The molecule has 1 heterocycles. The summed E-state index contributed by atoms with van der Waals surface area (Å²) < 4.78 is 0. The number of halogens is 1. The molecule has 0 saturated carbocycles. The predicted molar refractivity (Wildman–Crippen MR) is 74.9 cm³/mol.